The Morgan fingerprint density at radius 1 is 1.23 bits per heavy atom. The van der Waals surface area contributed by atoms with Gasteiger partial charge in [0.05, 0.1) is 6.61 Å². The van der Waals surface area contributed by atoms with E-state index >= 15 is 0 Å². The number of ether oxygens (including phenoxy) is 1. The van der Waals surface area contributed by atoms with Gasteiger partial charge >= 0.3 is 0 Å². The topological polar surface area (TPSA) is 126 Å². The van der Waals surface area contributed by atoms with E-state index in [2.05, 4.69) is 4.98 Å². The second kappa shape index (κ2) is 5.17. The largest absolute Gasteiger partial charge is 0.392 e. The molecule has 8 heteroatoms. The normalized spacial score (nSPS) is 39.3. The molecule has 0 radical (unpaired) electrons. The van der Waals surface area contributed by atoms with Crippen LogP contribution < -0.4 is 0 Å². The van der Waals surface area contributed by atoms with Crippen LogP contribution in [0.3, 0.4) is 0 Å². The summed E-state index contributed by atoms with van der Waals surface area (Å²) in [6.45, 7) is -0.871. The molecule has 22 heavy (non-hydrogen) atoms. The average Bonchev–Trinajstić information content (AvgIpc) is 2.95. The molecule has 5 atom stereocenters. The molecule has 7 nitrogen and oxygen atoms in total. The van der Waals surface area contributed by atoms with Gasteiger partial charge in [-0.15, -0.1) is 0 Å². The van der Waals surface area contributed by atoms with Gasteiger partial charge in [0.25, 0.3) is 0 Å². The first-order chi connectivity index (χ1) is 10.3. The lowest BCUT2D eigenvalue weighted by Crippen LogP contribution is -2.68. The smallest absolute Gasteiger partial charge is 0.196 e. The molecule has 0 unspecified atom stereocenters. The standard InChI is InChI=1S/C14H16ClNO6/c15-13(6-17)12(20)14(21,10(18)11(19)22-13)8-5-16-9-4-2-1-3-7(8)9/h1-5,10-12,16-21H,6H2/t10-,11-,12+,13+,14+/m0/s1. The number of H-pyrrole nitrogens is 1. The first kappa shape index (κ1) is 15.7. The number of aromatic amines is 1. The number of nitrogens with one attached hydrogen (secondary N) is 1. The van der Waals surface area contributed by atoms with Gasteiger partial charge in [-0.1, -0.05) is 29.8 Å². The summed E-state index contributed by atoms with van der Waals surface area (Å²) in [5.41, 5.74) is -1.53. The maximum atomic E-state index is 10.9. The lowest BCUT2D eigenvalue weighted by molar-refractivity contribution is -0.338. The summed E-state index contributed by atoms with van der Waals surface area (Å²) < 4.78 is 4.85. The molecule has 6 N–H and O–H groups in total. The first-order valence-electron chi connectivity index (χ1n) is 6.65. The molecule has 2 aromatic rings. The van der Waals surface area contributed by atoms with Crippen molar-refractivity contribution >= 4 is 22.5 Å². The molecule has 0 aliphatic carbocycles. The zero-order valence-electron chi connectivity index (χ0n) is 11.3. The van der Waals surface area contributed by atoms with Crippen molar-refractivity contribution in [1.82, 2.24) is 4.98 Å². The predicted molar refractivity (Wildman–Crippen MR) is 77.0 cm³/mol. The van der Waals surface area contributed by atoms with E-state index < -0.39 is 35.8 Å². The molecule has 1 fully saturated rings. The molecule has 0 bridgehead atoms. The highest BCUT2D eigenvalue weighted by molar-refractivity contribution is 6.23. The molecule has 120 valence electrons. The van der Waals surface area contributed by atoms with Gasteiger partial charge in [0.2, 0.25) is 0 Å². The van der Waals surface area contributed by atoms with Gasteiger partial charge in [-0.05, 0) is 6.07 Å². The number of hydrogen-bond acceptors (Lipinski definition) is 6. The molecule has 1 aromatic carbocycles. The van der Waals surface area contributed by atoms with E-state index in [4.69, 9.17) is 16.3 Å². The van der Waals surface area contributed by atoms with Gasteiger partial charge in [0.1, 0.15) is 12.2 Å². The summed E-state index contributed by atoms with van der Waals surface area (Å²) in [7, 11) is 0. The van der Waals surface area contributed by atoms with Crippen molar-refractivity contribution in [3.05, 3.63) is 36.0 Å². The van der Waals surface area contributed by atoms with Crippen molar-refractivity contribution in [2.24, 2.45) is 0 Å². The molecule has 0 saturated carbocycles. The third kappa shape index (κ3) is 1.99. The molecule has 0 amide bonds. The third-order valence-corrected chi connectivity index (χ3v) is 4.51. The van der Waals surface area contributed by atoms with Crippen molar-refractivity contribution in [1.29, 1.82) is 0 Å². The number of halogens is 1. The van der Waals surface area contributed by atoms with Crippen LogP contribution in [0.25, 0.3) is 10.9 Å². The molecular weight excluding hydrogens is 314 g/mol. The second-order valence-corrected chi connectivity index (χ2v) is 6.01. The minimum absolute atomic E-state index is 0.143. The highest BCUT2D eigenvalue weighted by atomic mass is 35.5. The molecule has 1 aliphatic rings. The number of fused-ring (bicyclic) bond motifs is 1. The van der Waals surface area contributed by atoms with Gasteiger partial charge in [-0.2, -0.15) is 0 Å². The Hall–Kier alpha value is -1.19. The minimum atomic E-state index is -2.33. The predicted octanol–water partition coefficient (Wildman–Crippen LogP) is -0.647. The van der Waals surface area contributed by atoms with Gasteiger partial charge in [-0.25, -0.2) is 0 Å². The summed E-state index contributed by atoms with van der Waals surface area (Å²) in [6, 6.07) is 6.92. The Labute approximate surface area is 130 Å². The highest BCUT2D eigenvalue weighted by Gasteiger charge is 2.62. The molecular formula is C14H16ClNO6. The fraction of sp³-hybridized carbons (Fsp3) is 0.429. The molecule has 1 aliphatic heterocycles. The lowest BCUT2D eigenvalue weighted by atomic mass is 9.78. The van der Waals surface area contributed by atoms with E-state index in [1.54, 1.807) is 24.3 Å². The van der Waals surface area contributed by atoms with Crippen LogP contribution in [0.2, 0.25) is 0 Å². The van der Waals surface area contributed by atoms with Crippen LogP contribution in [0, 0.1) is 0 Å². The number of hydrogen-bond donors (Lipinski definition) is 6. The lowest BCUT2D eigenvalue weighted by Gasteiger charge is -2.49. The van der Waals surface area contributed by atoms with Crippen molar-refractivity contribution in [2.75, 3.05) is 6.61 Å². The minimum Gasteiger partial charge on any atom is -0.392 e. The zero-order valence-corrected chi connectivity index (χ0v) is 12.1. The number of rotatable bonds is 2. The van der Waals surface area contributed by atoms with Gasteiger partial charge in [0.15, 0.2) is 17.0 Å². The van der Waals surface area contributed by atoms with Gasteiger partial charge in [0, 0.05) is 22.7 Å². The number of para-hydroxylation sites is 1. The van der Waals surface area contributed by atoms with Gasteiger partial charge in [-0.3, -0.25) is 0 Å². The Morgan fingerprint density at radius 2 is 1.91 bits per heavy atom. The average molecular weight is 330 g/mol. The van der Waals surface area contributed by atoms with Crippen LogP contribution in [0.4, 0.5) is 0 Å². The number of alkyl halides is 1. The number of benzene rings is 1. The Kier molecular flexibility index (Phi) is 3.69. The van der Waals surface area contributed by atoms with Crippen molar-refractivity contribution in [2.45, 2.75) is 29.2 Å². The molecule has 3 rings (SSSR count). The van der Waals surface area contributed by atoms with Gasteiger partial charge < -0.3 is 35.3 Å². The van der Waals surface area contributed by atoms with Crippen LogP contribution in [-0.2, 0) is 10.3 Å². The monoisotopic (exact) mass is 329 g/mol. The Balaban J connectivity index is 2.20. The second-order valence-electron chi connectivity index (χ2n) is 5.37. The number of aliphatic hydroxyl groups excluding tert-OH is 4. The van der Waals surface area contributed by atoms with Crippen molar-refractivity contribution in [3.8, 4) is 0 Å². The quantitative estimate of drug-likeness (QED) is 0.407. The molecule has 0 spiro atoms. The van der Waals surface area contributed by atoms with Crippen LogP contribution in [0.15, 0.2) is 30.5 Å². The molecule has 1 saturated heterocycles. The summed E-state index contributed by atoms with van der Waals surface area (Å²) in [5, 5.41) is 49.1. The van der Waals surface area contributed by atoms with E-state index in [-0.39, 0.29) is 5.56 Å². The number of aromatic nitrogens is 1. The summed E-state index contributed by atoms with van der Waals surface area (Å²) in [6.07, 6.45) is -4.22. The maximum absolute atomic E-state index is 10.9. The van der Waals surface area contributed by atoms with Crippen LogP contribution >= 0.6 is 11.6 Å². The fourth-order valence-electron chi connectivity index (χ4n) is 2.87. The van der Waals surface area contributed by atoms with E-state index in [0.717, 1.165) is 0 Å². The van der Waals surface area contributed by atoms with Crippen molar-refractivity contribution in [3.63, 3.8) is 0 Å². The van der Waals surface area contributed by atoms with Crippen LogP contribution in [0.5, 0.6) is 0 Å². The summed E-state index contributed by atoms with van der Waals surface area (Å²) >= 11 is 5.96. The van der Waals surface area contributed by atoms with Crippen LogP contribution in [0.1, 0.15) is 5.56 Å². The van der Waals surface area contributed by atoms with E-state index in [0.29, 0.717) is 10.9 Å². The molecule has 1 aromatic heterocycles. The third-order valence-electron chi connectivity index (χ3n) is 4.10. The van der Waals surface area contributed by atoms with Crippen LogP contribution in [-0.4, -0.2) is 60.7 Å². The van der Waals surface area contributed by atoms with E-state index in [1.165, 1.54) is 6.20 Å². The Morgan fingerprint density at radius 3 is 2.59 bits per heavy atom. The SMILES string of the molecule is OC[C@@]1(Cl)O[C@H](O)[C@H](O)[C@](O)(c2c[nH]c3ccccc23)[C@@H]1O. The van der Waals surface area contributed by atoms with E-state index in [9.17, 15) is 25.5 Å². The first-order valence-corrected chi connectivity index (χ1v) is 7.03. The summed E-state index contributed by atoms with van der Waals surface area (Å²) in [4.78, 5) is 2.90. The summed E-state index contributed by atoms with van der Waals surface area (Å²) in [5.74, 6) is 0. The molecule has 2 heterocycles. The Bertz CT molecular complexity index is 693. The van der Waals surface area contributed by atoms with Crippen molar-refractivity contribution < 1.29 is 30.3 Å². The number of aliphatic hydroxyl groups is 5. The zero-order chi connectivity index (χ0) is 16.1. The maximum Gasteiger partial charge on any atom is 0.196 e. The van der Waals surface area contributed by atoms with E-state index in [1.807, 2.05) is 0 Å². The highest BCUT2D eigenvalue weighted by Crippen LogP contribution is 2.45. The fourth-order valence-corrected chi connectivity index (χ4v) is 3.13.